The average molecular weight is 441 g/mol. The Morgan fingerprint density at radius 2 is 1.91 bits per heavy atom. The molecule has 3 unspecified atom stereocenters. The summed E-state index contributed by atoms with van der Waals surface area (Å²) < 4.78 is 0. The smallest absolute Gasteiger partial charge is 0.0743 e. The lowest BCUT2D eigenvalue weighted by molar-refractivity contribution is -0.150. The van der Waals surface area contributed by atoms with Crippen molar-refractivity contribution in [2.45, 2.75) is 117 Å². The number of fused-ring (bicyclic) bond motifs is 1. The summed E-state index contributed by atoms with van der Waals surface area (Å²) in [5.41, 5.74) is -0.363. The first kappa shape index (κ1) is 27.2. The molecule has 0 aromatic rings. The Hall–Kier alpha value is -1.00. The number of hydrogen-bond donors (Lipinski definition) is 1. The van der Waals surface area contributed by atoms with Crippen molar-refractivity contribution in [1.29, 1.82) is 0 Å². The number of hydrogen-bond acceptors (Lipinski definition) is 1. The van der Waals surface area contributed by atoms with Crippen LogP contribution in [-0.4, -0.2) is 10.7 Å². The summed E-state index contributed by atoms with van der Waals surface area (Å²) in [5, 5.41) is 12.3. The SMILES string of the molecule is C#CCC(C/C=C/CC)CC1CC[C@@]2(C)C(CC[C@@H]2[C@H](C)CCCC(C)C)[C@]1(O)CC=C. The minimum Gasteiger partial charge on any atom is -0.389 e. The normalized spacial score (nSPS) is 34.4. The van der Waals surface area contributed by atoms with Gasteiger partial charge >= 0.3 is 0 Å². The summed E-state index contributed by atoms with van der Waals surface area (Å²) in [6.07, 6.45) is 25.8. The van der Waals surface area contributed by atoms with Crippen LogP contribution in [0.2, 0.25) is 0 Å². The van der Waals surface area contributed by atoms with Gasteiger partial charge in [0.1, 0.15) is 0 Å². The van der Waals surface area contributed by atoms with Crippen molar-refractivity contribution in [3.63, 3.8) is 0 Å². The molecule has 0 saturated heterocycles. The van der Waals surface area contributed by atoms with E-state index in [4.69, 9.17) is 6.42 Å². The molecule has 1 N–H and O–H groups in total. The van der Waals surface area contributed by atoms with Gasteiger partial charge in [-0.1, -0.05) is 72.1 Å². The maximum atomic E-state index is 12.3. The van der Waals surface area contributed by atoms with E-state index in [-0.39, 0.29) is 5.41 Å². The molecule has 0 bridgehead atoms. The molecular weight excluding hydrogens is 388 g/mol. The van der Waals surface area contributed by atoms with E-state index in [2.05, 4.69) is 59.3 Å². The van der Waals surface area contributed by atoms with Gasteiger partial charge in [-0.3, -0.25) is 0 Å². The molecule has 1 nitrogen and oxygen atoms in total. The number of rotatable bonds is 13. The highest BCUT2D eigenvalue weighted by Crippen LogP contribution is 2.64. The molecular formula is C31H52O. The molecule has 0 radical (unpaired) electrons. The molecule has 0 heterocycles. The molecule has 0 spiro atoms. The van der Waals surface area contributed by atoms with Crippen molar-refractivity contribution in [1.82, 2.24) is 0 Å². The van der Waals surface area contributed by atoms with Crippen molar-refractivity contribution in [3.05, 3.63) is 24.8 Å². The minimum absolute atomic E-state index is 0.259. The molecule has 7 atom stereocenters. The molecule has 0 aromatic carbocycles. The first-order valence-corrected chi connectivity index (χ1v) is 13.6. The summed E-state index contributed by atoms with van der Waals surface area (Å²) >= 11 is 0. The van der Waals surface area contributed by atoms with Gasteiger partial charge in [0.25, 0.3) is 0 Å². The van der Waals surface area contributed by atoms with E-state index in [1.54, 1.807) is 0 Å². The molecule has 182 valence electrons. The summed E-state index contributed by atoms with van der Waals surface area (Å²) in [7, 11) is 0. The number of terminal acetylenes is 1. The van der Waals surface area contributed by atoms with E-state index in [1.165, 1.54) is 38.5 Å². The third kappa shape index (κ3) is 6.32. The third-order valence-electron chi connectivity index (χ3n) is 9.25. The van der Waals surface area contributed by atoms with E-state index in [0.29, 0.717) is 17.8 Å². The topological polar surface area (TPSA) is 20.2 Å². The Labute approximate surface area is 200 Å². The standard InChI is InChI=1S/C31H52O/c1-8-11-12-17-26(14-9-2)23-27-20-22-30(7)28(25(6)16-13-15-24(4)5)18-19-29(30)31(27,32)21-10-3/h2,10-12,24-29,32H,3,8,13-23H2,1,4-7H3/b12-11+/t25-,26?,27?,28-,29?,30-,31+/m1/s1. The Morgan fingerprint density at radius 3 is 2.53 bits per heavy atom. The zero-order valence-electron chi connectivity index (χ0n) is 21.9. The third-order valence-corrected chi connectivity index (χ3v) is 9.25. The quantitative estimate of drug-likeness (QED) is 0.224. The van der Waals surface area contributed by atoms with E-state index in [9.17, 15) is 5.11 Å². The maximum absolute atomic E-state index is 12.3. The van der Waals surface area contributed by atoms with Crippen molar-refractivity contribution in [2.75, 3.05) is 0 Å². The molecule has 0 aromatic heterocycles. The van der Waals surface area contributed by atoms with Crippen LogP contribution < -0.4 is 0 Å². The van der Waals surface area contributed by atoms with Crippen LogP contribution in [0, 0.1) is 53.3 Å². The predicted octanol–water partition coefficient (Wildman–Crippen LogP) is 8.58. The van der Waals surface area contributed by atoms with Gasteiger partial charge in [0.2, 0.25) is 0 Å². The van der Waals surface area contributed by atoms with Gasteiger partial charge in [-0.2, -0.15) is 0 Å². The fraction of sp³-hybridized carbons (Fsp3) is 0.806. The van der Waals surface area contributed by atoms with Gasteiger partial charge < -0.3 is 5.11 Å². The lowest BCUT2D eigenvalue weighted by atomic mass is 9.52. The van der Waals surface area contributed by atoms with Gasteiger partial charge in [0.15, 0.2) is 0 Å². The molecule has 0 amide bonds. The molecule has 2 aliphatic rings. The fourth-order valence-corrected chi connectivity index (χ4v) is 7.60. The first-order valence-electron chi connectivity index (χ1n) is 13.6. The van der Waals surface area contributed by atoms with Gasteiger partial charge in [-0.25, -0.2) is 0 Å². The summed E-state index contributed by atoms with van der Waals surface area (Å²) in [6, 6.07) is 0. The van der Waals surface area contributed by atoms with Crippen LogP contribution in [0.3, 0.4) is 0 Å². The highest BCUT2D eigenvalue weighted by Gasteiger charge is 2.60. The zero-order valence-corrected chi connectivity index (χ0v) is 21.9. The Morgan fingerprint density at radius 1 is 1.16 bits per heavy atom. The fourth-order valence-electron chi connectivity index (χ4n) is 7.60. The molecule has 2 saturated carbocycles. The number of allylic oxidation sites excluding steroid dienone is 2. The van der Waals surface area contributed by atoms with Crippen LogP contribution in [0.25, 0.3) is 0 Å². The van der Waals surface area contributed by atoms with E-state index in [0.717, 1.165) is 56.3 Å². The van der Waals surface area contributed by atoms with Crippen LogP contribution >= 0.6 is 0 Å². The molecule has 2 rings (SSSR count). The predicted molar refractivity (Wildman–Crippen MR) is 140 cm³/mol. The Balaban J connectivity index is 2.17. The highest BCUT2D eigenvalue weighted by molar-refractivity contribution is 5.12. The summed E-state index contributed by atoms with van der Waals surface area (Å²) in [5.74, 6) is 6.40. The van der Waals surface area contributed by atoms with E-state index >= 15 is 0 Å². The molecule has 32 heavy (non-hydrogen) atoms. The Kier molecular flexibility index (Phi) is 10.6. The number of aliphatic hydroxyl groups is 1. The first-order chi connectivity index (χ1) is 15.2. The second-order valence-corrected chi connectivity index (χ2v) is 11.9. The summed E-state index contributed by atoms with van der Waals surface area (Å²) in [6.45, 7) is 15.9. The molecule has 0 aliphatic heterocycles. The molecule has 1 heteroatoms. The van der Waals surface area contributed by atoms with Crippen molar-refractivity contribution in [2.24, 2.45) is 40.9 Å². The highest BCUT2D eigenvalue weighted by atomic mass is 16.3. The Bertz CT molecular complexity index is 639. The van der Waals surface area contributed by atoms with Crippen molar-refractivity contribution >= 4 is 0 Å². The van der Waals surface area contributed by atoms with Gasteiger partial charge in [-0.05, 0) is 92.3 Å². The van der Waals surface area contributed by atoms with Crippen LogP contribution in [0.1, 0.15) is 112 Å². The van der Waals surface area contributed by atoms with Gasteiger partial charge in [0.05, 0.1) is 5.60 Å². The van der Waals surface area contributed by atoms with Crippen LogP contribution in [0.5, 0.6) is 0 Å². The lowest BCUT2D eigenvalue weighted by Gasteiger charge is -2.55. The van der Waals surface area contributed by atoms with Crippen LogP contribution in [-0.2, 0) is 0 Å². The average Bonchev–Trinajstić information content (AvgIpc) is 3.09. The molecule has 2 aliphatic carbocycles. The lowest BCUT2D eigenvalue weighted by Crippen LogP contribution is -2.55. The minimum atomic E-state index is -0.623. The van der Waals surface area contributed by atoms with E-state index < -0.39 is 5.60 Å². The van der Waals surface area contributed by atoms with Gasteiger partial charge in [-0.15, -0.1) is 18.9 Å². The summed E-state index contributed by atoms with van der Waals surface area (Å²) in [4.78, 5) is 0. The van der Waals surface area contributed by atoms with Crippen LogP contribution in [0.4, 0.5) is 0 Å². The van der Waals surface area contributed by atoms with E-state index in [1.807, 2.05) is 6.08 Å². The zero-order chi connectivity index (χ0) is 23.8. The van der Waals surface area contributed by atoms with Crippen molar-refractivity contribution < 1.29 is 5.11 Å². The second-order valence-electron chi connectivity index (χ2n) is 11.9. The molecule has 2 fully saturated rings. The maximum Gasteiger partial charge on any atom is 0.0743 e. The van der Waals surface area contributed by atoms with Gasteiger partial charge in [0, 0.05) is 6.42 Å². The second kappa shape index (κ2) is 12.5. The van der Waals surface area contributed by atoms with Crippen LogP contribution in [0.15, 0.2) is 24.8 Å². The largest absolute Gasteiger partial charge is 0.389 e. The monoisotopic (exact) mass is 440 g/mol. The van der Waals surface area contributed by atoms with Crippen molar-refractivity contribution in [3.8, 4) is 12.3 Å².